The lowest BCUT2D eigenvalue weighted by atomic mass is 10.1. The summed E-state index contributed by atoms with van der Waals surface area (Å²) in [4.78, 5) is 1.84. The van der Waals surface area contributed by atoms with E-state index in [2.05, 4.69) is 6.07 Å². The topological polar surface area (TPSA) is 36.3 Å². The van der Waals surface area contributed by atoms with Gasteiger partial charge in [0.05, 0.1) is 15.6 Å². The summed E-state index contributed by atoms with van der Waals surface area (Å²) < 4.78 is 5.72. The summed E-state index contributed by atoms with van der Waals surface area (Å²) >= 11 is 11.9. The van der Waals surface area contributed by atoms with Crippen LogP contribution in [0.4, 0.5) is 0 Å². The average molecular weight is 347 g/mol. The highest BCUT2D eigenvalue weighted by molar-refractivity contribution is 6.42. The smallest absolute Gasteiger partial charge is 0.119 e. The van der Waals surface area contributed by atoms with Crippen molar-refractivity contribution in [3.63, 3.8) is 0 Å². The van der Waals surface area contributed by atoms with Gasteiger partial charge in [-0.25, -0.2) is 0 Å². The second kappa shape index (κ2) is 7.92. The van der Waals surface area contributed by atoms with Crippen molar-refractivity contribution in [2.75, 3.05) is 14.1 Å². The molecule has 0 saturated heterocycles. The minimum absolute atomic E-state index is 0.398. The van der Waals surface area contributed by atoms with E-state index in [0.29, 0.717) is 22.2 Å². The summed E-state index contributed by atoms with van der Waals surface area (Å²) in [7, 11) is 3.76. The van der Waals surface area contributed by atoms with Crippen LogP contribution in [0.3, 0.4) is 0 Å². The summed E-state index contributed by atoms with van der Waals surface area (Å²) in [6.07, 6.45) is 1.78. The molecule has 0 spiro atoms. The van der Waals surface area contributed by atoms with Gasteiger partial charge >= 0.3 is 0 Å². The molecule has 0 fully saturated rings. The van der Waals surface area contributed by atoms with Crippen LogP contribution in [0.2, 0.25) is 10.0 Å². The fraction of sp³-hybridized carbons (Fsp3) is 0.167. The Hall–Kier alpha value is -2.15. The monoisotopic (exact) mass is 346 g/mol. The molecule has 0 aliphatic rings. The van der Waals surface area contributed by atoms with Gasteiger partial charge in [0, 0.05) is 20.3 Å². The quantitative estimate of drug-likeness (QED) is 0.714. The summed E-state index contributed by atoms with van der Waals surface area (Å²) in [6.45, 7) is 0.398. The highest BCUT2D eigenvalue weighted by Gasteiger charge is 2.03. The molecule has 2 rings (SSSR count). The minimum Gasteiger partial charge on any atom is -0.489 e. The normalized spacial score (nSPS) is 11.0. The standard InChI is InChI=1S/C18H16Cl2N2O/c1-22(2)11-15(10-21)14-4-6-16(7-5-14)23-12-13-3-8-17(19)18(20)9-13/h3-9,11H,12H2,1-2H3. The molecule has 0 N–H and O–H groups in total. The lowest BCUT2D eigenvalue weighted by molar-refractivity contribution is 0.306. The summed E-state index contributed by atoms with van der Waals surface area (Å²) in [6, 6.07) is 15.0. The zero-order chi connectivity index (χ0) is 16.8. The Bertz CT molecular complexity index is 747. The molecular weight excluding hydrogens is 331 g/mol. The molecule has 0 aromatic heterocycles. The van der Waals surface area contributed by atoms with Crippen LogP contribution in [-0.2, 0) is 6.61 Å². The first-order chi connectivity index (χ1) is 11.0. The number of hydrogen-bond donors (Lipinski definition) is 0. The summed E-state index contributed by atoms with van der Waals surface area (Å²) in [5.41, 5.74) is 2.39. The molecule has 23 heavy (non-hydrogen) atoms. The Morgan fingerprint density at radius 2 is 1.83 bits per heavy atom. The van der Waals surface area contributed by atoms with E-state index in [1.54, 1.807) is 18.3 Å². The van der Waals surface area contributed by atoms with Crippen molar-refractivity contribution >= 4 is 28.8 Å². The third-order valence-corrected chi connectivity index (χ3v) is 3.80. The molecule has 0 unspecified atom stereocenters. The van der Waals surface area contributed by atoms with Crippen LogP contribution in [0.25, 0.3) is 5.57 Å². The molecule has 0 aliphatic heterocycles. The highest BCUT2D eigenvalue weighted by Crippen LogP contribution is 2.24. The van der Waals surface area contributed by atoms with Gasteiger partial charge in [0.25, 0.3) is 0 Å². The third-order valence-electron chi connectivity index (χ3n) is 3.06. The van der Waals surface area contributed by atoms with Gasteiger partial charge < -0.3 is 9.64 Å². The van der Waals surface area contributed by atoms with Crippen LogP contribution in [-0.4, -0.2) is 19.0 Å². The van der Waals surface area contributed by atoms with E-state index in [9.17, 15) is 5.26 Å². The highest BCUT2D eigenvalue weighted by atomic mass is 35.5. The number of nitrogens with zero attached hydrogens (tertiary/aromatic N) is 2. The van der Waals surface area contributed by atoms with Gasteiger partial charge in [0.2, 0.25) is 0 Å². The van der Waals surface area contributed by atoms with Crippen LogP contribution >= 0.6 is 23.2 Å². The van der Waals surface area contributed by atoms with E-state index in [1.165, 1.54) is 0 Å². The molecule has 2 aromatic carbocycles. The predicted octanol–water partition coefficient (Wildman–Crippen LogP) is 5.00. The number of benzene rings is 2. The fourth-order valence-electron chi connectivity index (χ4n) is 1.95. The zero-order valence-electron chi connectivity index (χ0n) is 12.9. The van der Waals surface area contributed by atoms with E-state index in [1.807, 2.05) is 49.3 Å². The molecule has 0 aliphatic carbocycles. The van der Waals surface area contributed by atoms with E-state index >= 15 is 0 Å². The number of halogens is 2. The van der Waals surface area contributed by atoms with Crippen molar-refractivity contribution in [1.82, 2.24) is 4.90 Å². The average Bonchev–Trinajstić information content (AvgIpc) is 2.54. The number of nitriles is 1. The molecule has 118 valence electrons. The van der Waals surface area contributed by atoms with Crippen LogP contribution < -0.4 is 4.74 Å². The van der Waals surface area contributed by atoms with Crippen LogP contribution in [0.5, 0.6) is 5.75 Å². The molecule has 0 amide bonds. The molecule has 0 saturated carbocycles. The maximum atomic E-state index is 9.20. The lowest BCUT2D eigenvalue weighted by Gasteiger charge is -2.09. The number of hydrogen-bond acceptors (Lipinski definition) is 3. The van der Waals surface area contributed by atoms with Gasteiger partial charge in [0.15, 0.2) is 0 Å². The van der Waals surface area contributed by atoms with E-state index in [0.717, 1.165) is 16.9 Å². The van der Waals surface area contributed by atoms with Crippen molar-refractivity contribution in [3.05, 3.63) is 69.8 Å². The fourth-order valence-corrected chi connectivity index (χ4v) is 2.27. The summed E-state index contributed by atoms with van der Waals surface area (Å²) in [5.74, 6) is 0.724. The number of ether oxygens (including phenoxy) is 1. The van der Waals surface area contributed by atoms with Gasteiger partial charge in [-0.1, -0.05) is 29.3 Å². The van der Waals surface area contributed by atoms with Crippen molar-refractivity contribution < 1.29 is 4.74 Å². The Balaban J connectivity index is 2.05. The summed E-state index contributed by atoms with van der Waals surface area (Å²) in [5, 5.41) is 10.2. The van der Waals surface area contributed by atoms with Gasteiger partial charge in [-0.05, 0) is 47.5 Å². The predicted molar refractivity (Wildman–Crippen MR) is 94.5 cm³/mol. The van der Waals surface area contributed by atoms with E-state index in [4.69, 9.17) is 27.9 Å². The Morgan fingerprint density at radius 3 is 2.39 bits per heavy atom. The van der Waals surface area contributed by atoms with Gasteiger partial charge in [-0.15, -0.1) is 0 Å². The van der Waals surface area contributed by atoms with Gasteiger partial charge in [-0.2, -0.15) is 5.26 Å². The first kappa shape index (κ1) is 17.2. The molecule has 3 nitrogen and oxygen atoms in total. The molecular formula is C18H16Cl2N2O. The Kier molecular flexibility index (Phi) is 5.92. The first-order valence-corrected chi connectivity index (χ1v) is 7.70. The van der Waals surface area contributed by atoms with Gasteiger partial charge in [0.1, 0.15) is 18.4 Å². The van der Waals surface area contributed by atoms with Crippen molar-refractivity contribution in [2.45, 2.75) is 6.61 Å². The van der Waals surface area contributed by atoms with Gasteiger partial charge in [-0.3, -0.25) is 0 Å². The SMILES string of the molecule is CN(C)C=C(C#N)c1ccc(OCc2ccc(Cl)c(Cl)c2)cc1. The number of rotatable bonds is 5. The van der Waals surface area contributed by atoms with E-state index in [-0.39, 0.29) is 0 Å². The maximum Gasteiger partial charge on any atom is 0.119 e. The van der Waals surface area contributed by atoms with Crippen molar-refractivity contribution in [1.29, 1.82) is 5.26 Å². The second-order valence-corrected chi connectivity index (χ2v) is 5.99. The maximum absolute atomic E-state index is 9.20. The Morgan fingerprint density at radius 1 is 1.13 bits per heavy atom. The Labute approximate surface area is 146 Å². The van der Waals surface area contributed by atoms with Crippen molar-refractivity contribution in [2.24, 2.45) is 0 Å². The largest absolute Gasteiger partial charge is 0.489 e. The minimum atomic E-state index is 0.398. The third kappa shape index (κ3) is 4.92. The van der Waals surface area contributed by atoms with Crippen LogP contribution in [0.15, 0.2) is 48.7 Å². The van der Waals surface area contributed by atoms with E-state index < -0.39 is 0 Å². The molecule has 0 atom stereocenters. The molecule has 0 heterocycles. The molecule has 0 radical (unpaired) electrons. The molecule has 0 bridgehead atoms. The molecule has 2 aromatic rings. The number of allylic oxidation sites excluding steroid dienone is 1. The lowest BCUT2D eigenvalue weighted by Crippen LogP contribution is -2.02. The van der Waals surface area contributed by atoms with Crippen LogP contribution in [0.1, 0.15) is 11.1 Å². The van der Waals surface area contributed by atoms with Crippen LogP contribution in [0, 0.1) is 11.3 Å². The van der Waals surface area contributed by atoms with Crippen molar-refractivity contribution in [3.8, 4) is 11.8 Å². The zero-order valence-corrected chi connectivity index (χ0v) is 14.4. The first-order valence-electron chi connectivity index (χ1n) is 6.95. The second-order valence-electron chi connectivity index (χ2n) is 5.18. The molecule has 5 heteroatoms.